The van der Waals surface area contributed by atoms with Gasteiger partial charge in [0.2, 0.25) is 5.91 Å². The summed E-state index contributed by atoms with van der Waals surface area (Å²) < 4.78 is 10.7. The molecule has 0 aliphatic carbocycles. The van der Waals surface area contributed by atoms with Crippen molar-refractivity contribution in [2.24, 2.45) is 0 Å². The van der Waals surface area contributed by atoms with Crippen molar-refractivity contribution in [3.05, 3.63) is 60.2 Å². The fraction of sp³-hybridized carbons (Fsp3) is 0.286. The molecule has 3 rings (SSSR count). The third-order valence-corrected chi connectivity index (χ3v) is 4.38. The number of carboxylic acid groups (broad SMARTS) is 1. The summed E-state index contributed by atoms with van der Waals surface area (Å²) in [5.74, 6) is -0.437. The minimum absolute atomic E-state index is 0.0366. The zero-order valence-electron chi connectivity index (χ0n) is 15.7. The predicted octanol–water partition coefficient (Wildman–Crippen LogP) is 1.56. The number of likely N-dealkylation sites (tertiary alicyclic amines) is 1. The highest BCUT2D eigenvalue weighted by Gasteiger charge is 2.30. The normalized spacial score (nSPS) is 15.8. The molecule has 8 nitrogen and oxygen atoms in total. The van der Waals surface area contributed by atoms with E-state index in [2.05, 4.69) is 5.32 Å². The Hall–Kier alpha value is -3.55. The first-order chi connectivity index (χ1) is 14.0. The summed E-state index contributed by atoms with van der Waals surface area (Å²) in [6.07, 6.45) is 0.228. The van der Waals surface area contributed by atoms with Gasteiger partial charge in [0, 0.05) is 18.5 Å². The Kier molecular flexibility index (Phi) is 6.67. The number of benzene rings is 2. The van der Waals surface area contributed by atoms with E-state index < -0.39 is 12.6 Å². The molecule has 1 saturated heterocycles. The lowest BCUT2D eigenvalue weighted by Gasteiger charge is -2.17. The monoisotopic (exact) mass is 398 g/mol. The van der Waals surface area contributed by atoms with Gasteiger partial charge < -0.3 is 24.8 Å². The fourth-order valence-corrected chi connectivity index (χ4v) is 3.02. The molecule has 0 radical (unpaired) electrons. The molecule has 1 unspecified atom stereocenters. The zero-order chi connectivity index (χ0) is 20.6. The van der Waals surface area contributed by atoms with Crippen molar-refractivity contribution in [2.75, 3.05) is 26.3 Å². The molecule has 29 heavy (non-hydrogen) atoms. The van der Waals surface area contributed by atoms with Gasteiger partial charge in [0.15, 0.2) is 6.61 Å². The molecule has 0 saturated carbocycles. The average Bonchev–Trinajstić information content (AvgIpc) is 3.06. The van der Waals surface area contributed by atoms with Crippen LogP contribution in [0.5, 0.6) is 11.5 Å². The van der Waals surface area contributed by atoms with Crippen molar-refractivity contribution in [3.8, 4) is 11.5 Å². The molecule has 2 N–H and O–H groups in total. The highest BCUT2D eigenvalue weighted by Crippen LogP contribution is 2.16. The van der Waals surface area contributed by atoms with Gasteiger partial charge in [-0.15, -0.1) is 0 Å². The second-order valence-corrected chi connectivity index (χ2v) is 6.59. The second-order valence-electron chi connectivity index (χ2n) is 6.59. The number of nitrogens with one attached hydrogen (secondary N) is 1. The Morgan fingerprint density at radius 2 is 1.83 bits per heavy atom. The number of hydrogen-bond acceptors (Lipinski definition) is 5. The molecule has 0 bridgehead atoms. The van der Waals surface area contributed by atoms with E-state index in [-0.39, 0.29) is 24.3 Å². The third-order valence-electron chi connectivity index (χ3n) is 4.38. The van der Waals surface area contributed by atoms with Gasteiger partial charge in [-0.05, 0) is 30.3 Å². The van der Waals surface area contributed by atoms with Crippen molar-refractivity contribution in [1.82, 2.24) is 10.2 Å². The van der Waals surface area contributed by atoms with Crippen LogP contribution in [-0.2, 0) is 9.59 Å². The van der Waals surface area contributed by atoms with E-state index in [1.807, 2.05) is 30.3 Å². The maximum atomic E-state index is 12.5. The third kappa shape index (κ3) is 5.97. The van der Waals surface area contributed by atoms with Gasteiger partial charge in [0.1, 0.15) is 18.1 Å². The van der Waals surface area contributed by atoms with E-state index >= 15 is 0 Å². The van der Waals surface area contributed by atoms with Crippen LogP contribution in [-0.4, -0.2) is 60.1 Å². The summed E-state index contributed by atoms with van der Waals surface area (Å²) in [4.78, 5) is 36.9. The molecule has 1 fully saturated rings. The Bertz CT molecular complexity index is 870. The summed E-state index contributed by atoms with van der Waals surface area (Å²) >= 11 is 0. The van der Waals surface area contributed by atoms with Gasteiger partial charge in [-0.25, -0.2) is 4.79 Å². The lowest BCUT2D eigenvalue weighted by atomic mass is 10.1. The van der Waals surface area contributed by atoms with Crippen molar-refractivity contribution >= 4 is 17.8 Å². The van der Waals surface area contributed by atoms with Crippen LogP contribution in [0.1, 0.15) is 16.8 Å². The molecule has 8 heteroatoms. The number of para-hydroxylation sites is 1. The van der Waals surface area contributed by atoms with Crippen LogP contribution < -0.4 is 14.8 Å². The van der Waals surface area contributed by atoms with Crippen molar-refractivity contribution in [1.29, 1.82) is 0 Å². The molecular formula is C21H22N2O6. The van der Waals surface area contributed by atoms with Gasteiger partial charge in [-0.1, -0.05) is 24.3 Å². The van der Waals surface area contributed by atoms with E-state index in [4.69, 9.17) is 14.6 Å². The standard InChI is InChI=1S/C21H22N2O6/c24-19-12-16(13-23(19)9-10-28-17-6-2-1-3-7-17)22-21(27)15-5-4-8-18(11-15)29-14-20(25)26/h1-8,11,16H,9-10,12-14H2,(H,22,27)(H,25,26). The maximum absolute atomic E-state index is 12.5. The highest BCUT2D eigenvalue weighted by molar-refractivity contribution is 5.95. The van der Waals surface area contributed by atoms with E-state index in [1.165, 1.54) is 6.07 Å². The Morgan fingerprint density at radius 1 is 1.07 bits per heavy atom. The summed E-state index contributed by atoms with van der Waals surface area (Å²) in [6.45, 7) is 0.748. The second kappa shape index (κ2) is 9.59. The Labute approximate surface area is 168 Å². The van der Waals surface area contributed by atoms with Crippen LogP contribution in [0.15, 0.2) is 54.6 Å². The molecule has 0 aromatic heterocycles. The summed E-state index contributed by atoms with van der Waals surface area (Å²) in [5, 5.41) is 11.5. The number of carbonyl (C=O) groups excluding carboxylic acids is 2. The summed E-state index contributed by atoms with van der Waals surface area (Å²) in [7, 11) is 0. The van der Waals surface area contributed by atoms with Gasteiger partial charge in [0.05, 0.1) is 12.6 Å². The van der Waals surface area contributed by atoms with Crippen molar-refractivity contribution in [2.45, 2.75) is 12.5 Å². The number of hydrogen-bond donors (Lipinski definition) is 2. The number of aliphatic carboxylic acids is 1. The minimum atomic E-state index is -1.10. The average molecular weight is 398 g/mol. The van der Waals surface area contributed by atoms with Crippen LogP contribution in [0.4, 0.5) is 0 Å². The number of carboxylic acids is 1. The number of amides is 2. The lowest BCUT2D eigenvalue weighted by Crippen LogP contribution is -2.38. The number of carbonyl (C=O) groups is 3. The summed E-state index contributed by atoms with van der Waals surface area (Å²) in [5.41, 5.74) is 0.339. The number of ether oxygens (including phenoxy) is 2. The first-order valence-electron chi connectivity index (χ1n) is 9.22. The molecule has 1 aliphatic heterocycles. The first kappa shape index (κ1) is 20.2. The molecule has 152 valence electrons. The molecule has 2 amide bonds. The number of nitrogens with zero attached hydrogens (tertiary/aromatic N) is 1. The van der Waals surface area contributed by atoms with Gasteiger partial charge in [-0.3, -0.25) is 9.59 Å². The first-order valence-corrected chi connectivity index (χ1v) is 9.22. The smallest absolute Gasteiger partial charge is 0.341 e. The minimum Gasteiger partial charge on any atom is -0.492 e. The van der Waals surface area contributed by atoms with Crippen LogP contribution >= 0.6 is 0 Å². The number of rotatable bonds is 9. The topological polar surface area (TPSA) is 105 Å². The molecule has 0 spiro atoms. The predicted molar refractivity (Wildman–Crippen MR) is 104 cm³/mol. The van der Waals surface area contributed by atoms with Gasteiger partial charge in [-0.2, -0.15) is 0 Å². The van der Waals surface area contributed by atoms with Gasteiger partial charge in [0.25, 0.3) is 5.91 Å². The van der Waals surface area contributed by atoms with Crippen LogP contribution in [0, 0.1) is 0 Å². The SMILES string of the molecule is O=C(O)COc1cccc(C(=O)NC2CC(=O)N(CCOc3ccccc3)C2)c1. The van der Waals surface area contributed by atoms with E-state index in [0.717, 1.165) is 5.75 Å². The van der Waals surface area contributed by atoms with E-state index in [1.54, 1.807) is 23.1 Å². The van der Waals surface area contributed by atoms with Crippen molar-refractivity contribution in [3.63, 3.8) is 0 Å². The van der Waals surface area contributed by atoms with E-state index in [0.29, 0.717) is 31.0 Å². The molecular weight excluding hydrogens is 376 g/mol. The molecule has 2 aromatic carbocycles. The Balaban J connectivity index is 1.48. The molecule has 1 heterocycles. The molecule has 2 aromatic rings. The van der Waals surface area contributed by atoms with E-state index in [9.17, 15) is 14.4 Å². The zero-order valence-corrected chi connectivity index (χ0v) is 15.7. The van der Waals surface area contributed by atoms with Gasteiger partial charge >= 0.3 is 5.97 Å². The van der Waals surface area contributed by atoms with Crippen molar-refractivity contribution < 1.29 is 29.0 Å². The maximum Gasteiger partial charge on any atom is 0.341 e. The highest BCUT2D eigenvalue weighted by atomic mass is 16.5. The van der Waals surface area contributed by atoms with Crippen LogP contribution in [0.25, 0.3) is 0 Å². The Morgan fingerprint density at radius 3 is 2.59 bits per heavy atom. The molecule has 1 aliphatic rings. The quantitative estimate of drug-likeness (QED) is 0.664. The molecule has 1 atom stereocenters. The van der Waals surface area contributed by atoms with Crippen LogP contribution in [0.2, 0.25) is 0 Å². The summed E-state index contributed by atoms with van der Waals surface area (Å²) in [6, 6.07) is 15.3. The lowest BCUT2D eigenvalue weighted by molar-refractivity contribution is -0.139. The van der Waals surface area contributed by atoms with Crippen LogP contribution in [0.3, 0.4) is 0 Å². The fourth-order valence-electron chi connectivity index (χ4n) is 3.02. The largest absolute Gasteiger partial charge is 0.492 e.